The van der Waals surface area contributed by atoms with Crippen molar-refractivity contribution in [3.8, 4) is 5.75 Å². The monoisotopic (exact) mass is 621 g/mol. The number of carbonyl (C=O) groups excluding carboxylic acids is 2. The zero-order chi connectivity index (χ0) is 28.1. The third-order valence-electron chi connectivity index (χ3n) is 5.33. The van der Waals surface area contributed by atoms with Gasteiger partial charge in [-0.3, -0.25) is 4.79 Å². The quantitative estimate of drug-likeness (QED) is 0.266. The van der Waals surface area contributed by atoms with E-state index in [-0.39, 0.29) is 45.1 Å². The number of carbonyl (C=O) groups is 2. The lowest BCUT2D eigenvalue weighted by molar-refractivity contribution is -0.138. The van der Waals surface area contributed by atoms with Crippen molar-refractivity contribution in [3.05, 3.63) is 114 Å². The van der Waals surface area contributed by atoms with Crippen LogP contribution in [0.15, 0.2) is 81.9 Å². The standard InChI is InChI=1S/C28H19Cl4NO5S/c1-2-37-28(36)24-25(34)23(39-27(24)33-26(35)18-5-3-4-6-19(18)30)12-15-7-10-22(21(32)11-15)38-14-16-8-9-17(29)13-20(16)31/h3-13,34H,2,14H2,1H3/b23-12-,33-27?. The number of thioether (sulfide) groups is 1. The van der Waals surface area contributed by atoms with Gasteiger partial charge in [-0.15, -0.1) is 0 Å². The summed E-state index contributed by atoms with van der Waals surface area (Å²) < 4.78 is 10.9. The lowest BCUT2D eigenvalue weighted by Crippen LogP contribution is -2.14. The van der Waals surface area contributed by atoms with E-state index in [9.17, 15) is 14.7 Å². The van der Waals surface area contributed by atoms with Crippen molar-refractivity contribution in [2.45, 2.75) is 13.5 Å². The van der Waals surface area contributed by atoms with Crippen LogP contribution in [0.5, 0.6) is 5.75 Å². The second kappa shape index (κ2) is 12.9. The van der Waals surface area contributed by atoms with E-state index in [0.29, 0.717) is 26.4 Å². The SMILES string of the molecule is CCOC(=O)C1=C(O)/C(=C/c2ccc(OCc3ccc(Cl)cc3Cl)c(Cl)c2)SC1=NC(=O)c1ccccc1Cl. The van der Waals surface area contributed by atoms with Gasteiger partial charge in [-0.1, -0.05) is 82.4 Å². The Hall–Kier alpha value is -2.94. The summed E-state index contributed by atoms with van der Waals surface area (Å²) in [5.74, 6) is -1.41. The number of amides is 1. The molecule has 3 aromatic carbocycles. The summed E-state index contributed by atoms with van der Waals surface area (Å²) in [6.45, 7) is 1.88. The molecule has 1 aliphatic rings. The highest BCUT2D eigenvalue weighted by Crippen LogP contribution is 2.40. The highest BCUT2D eigenvalue weighted by Gasteiger charge is 2.34. The number of ether oxygens (including phenoxy) is 2. The number of hydrogen-bond donors (Lipinski definition) is 1. The minimum absolute atomic E-state index is 0.00647. The van der Waals surface area contributed by atoms with E-state index in [4.69, 9.17) is 55.9 Å². The number of esters is 1. The van der Waals surface area contributed by atoms with Crippen molar-refractivity contribution in [2.75, 3.05) is 6.61 Å². The second-order valence-corrected chi connectivity index (χ2v) is 10.7. The van der Waals surface area contributed by atoms with Crippen molar-refractivity contribution in [3.63, 3.8) is 0 Å². The van der Waals surface area contributed by atoms with Gasteiger partial charge in [0.2, 0.25) is 0 Å². The fourth-order valence-electron chi connectivity index (χ4n) is 3.45. The fourth-order valence-corrected chi connectivity index (χ4v) is 5.38. The van der Waals surface area contributed by atoms with E-state index in [0.717, 1.165) is 17.3 Å². The third-order valence-corrected chi connectivity index (χ3v) is 7.56. The molecular weight excluding hydrogens is 604 g/mol. The topological polar surface area (TPSA) is 85.2 Å². The van der Waals surface area contributed by atoms with Crippen LogP contribution in [0, 0.1) is 0 Å². The molecule has 0 saturated carbocycles. The van der Waals surface area contributed by atoms with Gasteiger partial charge >= 0.3 is 5.97 Å². The average molecular weight is 623 g/mol. The van der Waals surface area contributed by atoms with Crippen LogP contribution in [0.1, 0.15) is 28.4 Å². The van der Waals surface area contributed by atoms with Crippen LogP contribution in [-0.4, -0.2) is 28.6 Å². The number of hydrogen-bond acceptors (Lipinski definition) is 6. The number of benzene rings is 3. The molecular formula is C28H19Cl4NO5S. The predicted octanol–water partition coefficient (Wildman–Crippen LogP) is 8.58. The molecule has 0 bridgehead atoms. The molecule has 0 spiro atoms. The Labute approximate surface area is 248 Å². The smallest absolute Gasteiger partial charge is 0.344 e. The molecule has 6 nitrogen and oxygen atoms in total. The van der Waals surface area contributed by atoms with Crippen LogP contribution in [-0.2, 0) is 16.1 Å². The summed E-state index contributed by atoms with van der Waals surface area (Å²) in [7, 11) is 0. The minimum Gasteiger partial charge on any atom is -0.506 e. The van der Waals surface area contributed by atoms with Gasteiger partial charge in [0.25, 0.3) is 5.91 Å². The van der Waals surface area contributed by atoms with Gasteiger partial charge in [-0.05, 0) is 55.0 Å². The highest BCUT2D eigenvalue weighted by atomic mass is 35.5. The van der Waals surface area contributed by atoms with Crippen molar-refractivity contribution in [1.82, 2.24) is 0 Å². The van der Waals surface area contributed by atoms with E-state index in [2.05, 4.69) is 4.99 Å². The summed E-state index contributed by atoms with van der Waals surface area (Å²) in [4.78, 5) is 29.8. The van der Waals surface area contributed by atoms with E-state index in [1.165, 1.54) is 6.07 Å². The summed E-state index contributed by atoms with van der Waals surface area (Å²) in [6, 6.07) is 16.5. The Kier molecular flexibility index (Phi) is 9.64. The number of nitrogens with zero attached hydrogens (tertiary/aromatic N) is 1. The molecule has 39 heavy (non-hydrogen) atoms. The summed E-state index contributed by atoms with van der Waals surface area (Å²) in [6.07, 6.45) is 1.60. The maximum absolute atomic E-state index is 12.8. The molecule has 1 heterocycles. The second-order valence-electron chi connectivity index (χ2n) is 7.97. The molecule has 1 aliphatic heterocycles. The van der Waals surface area contributed by atoms with E-state index in [1.54, 1.807) is 67.6 Å². The van der Waals surface area contributed by atoms with Crippen molar-refractivity contribution in [2.24, 2.45) is 4.99 Å². The van der Waals surface area contributed by atoms with Crippen LogP contribution in [0.2, 0.25) is 20.1 Å². The number of halogens is 4. The Morgan fingerprint density at radius 2 is 1.74 bits per heavy atom. The Morgan fingerprint density at radius 3 is 2.44 bits per heavy atom. The van der Waals surface area contributed by atoms with Gasteiger partial charge in [-0.25, -0.2) is 9.79 Å². The summed E-state index contributed by atoms with van der Waals surface area (Å²) >= 11 is 25.6. The molecule has 1 amide bonds. The normalized spacial score (nSPS) is 15.2. The lowest BCUT2D eigenvalue weighted by Gasteiger charge is -2.10. The third kappa shape index (κ3) is 6.99. The van der Waals surface area contributed by atoms with Gasteiger partial charge in [0.1, 0.15) is 28.7 Å². The summed E-state index contributed by atoms with van der Waals surface area (Å²) in [5, 5.41) is 12.4. The molecule has 4 rings (SSSR count). The van der Waals surface area contributed by atoms with Gasteiger partial charge in [0.05, 0.1) is 27.1 Å². The zero-order valence-electron chi connectivity index (χ0n) is 20.2. The molecule has 1 N–H and O–H groups in total. The van der Waals surface area contributed by atoms with E-state index < -0.39 is 11.9 Å². The van der Waals surface area contributed by atoms with Gasteiger partial charge in [0, 0.05) is 15.6 Å². The molecule has 0 fully saturated rings. The molecule has 11 heteroatoms. The molecule has 0 radical (unpaired) electrons. The molecule has 0 aromatic heterocycles. The fraction of sp³-hybridized carbons (Fsp3) is 0.107. The van der Waals surface area contributed by atoms with E-state index in [1.807, 2.05) is 0 Å². The van der Waals surface area contributed by atoms with Gasteiger partial charge in [-0.2, -0.15) is 0 Å². The average Bonchev–Trinajstić information content (AvgIpc) is 3.19. The molecule has 0 unspecified atom stereocenters. The van der Waals surface area contributed by atoms with Crippen molar-refractivity contribution < 1.29 is 24.2 Å². The van der Waals surface area contributed by atoms with Crippen LogP contribution < -0.4 is 4.74 Å². The Balaban J connectivity index is 1.60. The predicted molar refractivity (Wildman–Crippen MR) is 157 cm³/mol. The number of aliphatic hydroxyl groups is 1. The molecule has 0 aliphatic carbocycles. The Morgan fingerprint density at radius 1 is 0.974 bits per heavy atom. The maximum Gasteiger partial charge on any atom is 0.344 e. The van der Waals surface area contributed by atoms with Crippen LogP contribution in [0.4, 0.5) is 0 Å². The van der Waals surface area contributed by atoms with Crippen molar-refractivity contribution in [1.29, 1.82) is 0 Å². The van der Waals surface area contributed by atoms with E-state index >= 15 is 0 Å². The first-order chi connectivity index (χ1) is 18.7. The molecule has 0 saturated heterocycles. The van der Waals surface area contributed by atoms with Gasteiger partial charge in [0.15, 0.2) is 0 Å². The molecule has 3 aromatic rings. The minimum atomic E-state index is -0.806. The van der Waals surface area contributed by atoms with Crippen LogP contribution in [0.3, 0.4) is 0 Å². The van der Waals surface area contributed by atoms with Crippen LogP contribution in [0.25, 0.3) is 6.08 Å². The Bertz CT molecular complexity index is 1550. The van der Waals surface area contributed by atoms with Gasteiger partial charge < -0.3 is 14.6 Å². The zero-order valence-corrected chi connectivity index (χ0v) is 24.1. The summed E-state index contributed by atoms with van der Waals surface area (Å²) in [5.41, 5.74) is 1.30. The first kappa shape index (κ1) is 29.1. The maximum atomic E-state index is 12.8. The number of aliphatic hydroxyl groups excluding tert-OH is 1. The first-order valence-corrected chi connectivity index (χ1v) is 13.7. The highest BCUT2D eigenvalue weighted by molar-refractivity contribution is 8.18. The number of aliphatic imine (C=N–C) groups is 1. The number of rotatable bonds is 7. The molecule has 200 valence electrons. The van der Waals surface area contributed by atoms with Crippen LogP contribution >= 0.6 is 58.2 Å². The molecule has 0 atom stereocenters. The first-order valence-electron chi connectivity index (χ1n) is 11.4. The largest absolute Gasteiger partial charge is 0.506 e. The van der Waals surface area contributed by atoms with Crippen molar-refractivity contribution >= 4 is 81.2 Å². The lowest BCUT2D eigenvalue weighted by atomic mass is 10.1.